The third kappa shape index (κ3) is 1.96. The third-order valence-corrected chi connectivity index (χ3v) is 4.59. The van der Waals surface area contributed by atoms with E-state index in [9.17, 15) is 4.79 Å². The molecule has 0 radical (unpaired) electrons. The number of nitrogens with zero attached hydrogens (tertiary/aromatic N) is 2. The van der Waals surface area contributed by atoms with Crippen LogP contribution in [0, 0.1) is 5.92 Å². The van der Waals surface area contributed by atoms with E-state index in [1.807, 2.05) is 18.2 Å². The molecule has 1 aromatic carbocycles. The minimum absolute atomic E-state index is 0.0916. The minimum atomic E-state index is -0.788. The number of fused-ring (bicyclic) bond motifs is 1. The summed E-state index contributed by atoms with van der Waals surface area (Å²) in [6.45, 7) is 1.80. The van der Waals surface area contributed by atoms with Gasteiger partial charge < -0.3 is 0 Å². The van der Waals surface area contributed by atoms with E-state index in [1.165, 1.54) is 0 Å². The van der Waals surface area contributed by atoms with Crippen LogP contribution in [0.15, 0.2) is 18.2 Å². The Kier molecular flexibility index (Phi) is 2.73. The number of hydrogen-bond donors (Lipinski definition) is 2. The molecule has 1 fully saturated rings. The number of nitrogens with one attached hydrogen (secondary N) is 1. The summed E-state index contributed by atoms with van der Waals surface area (Å²) in [5.41, 5.74) is 7.68. The summed E-state index contributed by atoms with van der Waals surface area (Å²) < 4.78 is 8.63. The van der Waals surface area contributed by atoms with E-state index in [2.05, 4.69) is 13.3 Å². The van der Waals surface area contributed by atoms with Crippen LogP contribution in [-0.2, 0) is 4.79 Å². The van der Waals surface area contributed by atoms with Crippen LogP contribution in [0.4, 0.5) is 5.69 Å². The number of amides is 1. The molecule has 2 aromatic rings. The molecule has 1 atom stereocenters. The molecule has 3 N–H and O–H groups in total. The van der Waals surface area contributed by atoms with Gasteiger partial charge in [0, 0.05) is 0 Å². The van der Waals surface area contributed by atoms with E-state index in [-0.39, 0.29) is 20.9 Å². The maximum atomic E-state index is 12.2. The van der Waals surface area contributed by atoms with Crippen molar-refractivity contribution in [2.75, 3.05) is 5.32 Å². The number of nitrogens with two attached hydrogens (primary N) is 1. The van der Waals surface area contributed by atoms with Crippen LogP contribution in [0.5, 0.6) is 0 Å². The molecule has 1 heterocycles. The van der Waals surface area contributed by atoms with Crippen molar-refractivity contribution >= 4 is 37.6 Å². The van der Waals surface area contributed by atoms with Gasteiger partial charge in [0.2, 0.25) is 0 Å². The molecule has 0 saturated heterocycles. The fraction of sp³-hybridized carbons (Fsp3) is 0.417. The van der Waals surface area contributed by atoms with Crippen molar-refractivity contribution < 1.29 is 4.79 Å². The van der Waals surface area contributed by atoms with E-state index >= 15 is 0 Å². The Bertz CT molecular complexity index is 603. The first-order valence-corrected chi connectivity index (χ1v) is 7.44. The zero-order valence-corrected chi connectivity index (χ0v) is 11.7. The standard InChI is InChI=1S/C12H14N4OSe/c1-12(13,7-5-6-7)11(17)14-8-3-2-4-9-10(8)16-18-15-9/h2-4,7H,5-6,13H2,1H3,(H,14,17). The molecule has 1 saturated carbocycles. The van der Waals surface area contributed by atoms with E-state index in [1.54, 1.807) is 6.92 Å². The van der Waals surface area contributed by atoms with Gasteiger partial charge in [-0.3, -0.25) is 0 Å². The van der Waals surface area contributed by atoms with Crippen LogP contribution in [0.1, 0.15) is 19.8 Å². The van der Waals surface area contributed by atoms with E-state index in [0.717, 1.165) is 29.6 Å². The monoisotopic (exact) mass is 310 g/mol. The molecule has 1 aliphatic carbocycles. The van der Waals surface area contributed by atoms with E-state index in [0.29, 0.717) is 5.92 Å². The predicted octanol–water partition coefficient (Wildman–Crippen LogP) is 0.753. The zero-order chi connectivity index (χ0) is 12.8. The van der Waals surface area contributed by atoms with Gasteiger partial charge in [-0.1, -0.05) is 0 Å². The van der Waals surface area contributed by atoms with Gasteiger partial charge in [-0.05, 0) is 0 Å². The van der Waals surface area contributed by atoms with Crippen LogP contribution in [0.2, 0.25) is 0 Å². The number of carbonyl (C=O) groups excluding carboxylic acids is 1. The fourth-order valence-corrected chi connectivity index (χ4v) is 3.19. The molecule has 5 nitrogen and oxygen atoms in total. The van der Waals surface area contributed by atoms with Crippen LogP contribution >= 0.6 is 0 Å². The average Bonchev–Trinajstić information content (AvgIpc) is 3.09. The van der Waals surface area contributed by atoms with Crippen LogP contribution < -0.4 is 11.1 Å². The molecule has 94 valence electrons. The van der Waals surface area contributed by atoms with Gasteiger partial charge in [0.1, 0.15) is 0 Å². The molecule has 0 aliphatic heterocycles. The Morgan fingerprint density at radius 1 is 1.50 bits per heavy atom. The normalized spacial score (nSPS) is 18.6. The molecule has 0 bridgehead atoms. The molecule has 18 heavy (non-hydrogen) atoms. The third-order valence-electron chi connectivity index (χ3n) is 3.45. The summed E-state index contributed by atoms with van der Waals surface area (Å²) in [7, 11) is 0. The zero-order valence-electron chi connectivity index (χ0n) is 10.0. The molecular weight excluding hydrogens is 295 g/mol. The second-order valence-corrected chi connectivity index (χ2v) is 6.06. The summed E-state index contributed by atoms with van der Waals surface area (Å²) in [4.78, 5) is 12.2. The Labute approximate surface area is 111 Å². The summed E-state index contributed by atoms with van der Waals surface area (Å²) in [5, 5.41) is 2.90. The maximum absolute atomic E-state index is 12.2. The molecular formula is C12H14N4OSe. The quantitative estimate of drug-likeness (QED) is 0.820. The van der Waals surface area contributed by atoms with Gasteiger partial charge in [0.15, 0.2) is 0 Å². The summed E-state index contributed by atoms with van der Waals surface area (Å²) >= 11 is -0.0916. The average molecular weight is 309 g/mol. The Balaban J connectivity index is 1.88. The topological polar surface area (TPSA) is 80.9 Å². The first-order chi connectivity index (χ1) is 8.59. The van der Waals surface area contributed by atoms with Crippen molar-refractivity contribution in [1.82, 2.24) is 7.96 Å². The van der Waals surface area contributed by atoms with Gasteiger partial charge in [-0.2, -0.15) is 0 Å². The number of aromatic nitrogens is 2. The van der Waals surface area contributed by atoms with Crippen molar-refractivity contribution in [3.8, 4) is 0 Å². The second kappa shape index (κ2) is 4.16. The first-order valence-electron chi connectivity index (χ1n) is 5.90. The fourth-order valence-electron chi connectivity index (χ4n) is 2.03. The van der Waals surface area contributed by atoms with Gasteiger partial charge in [0.25, 0.3) is 0 Å². The van der Waals surface area contributed by atoms with Crippen molar-refractivity contribution in [3.05, 3.63) is 18.2 Å². The van der Waals surface area contributed by atoms with Gasteiger partial charge >= 0.3 is 111 Å². The molecule has 1 unspecified atom stereocenters. The number of hydrogen-bond acceptors (Lipinski definition) is 4. The molecule has 1 amide bonds. The van der Waals surface area contributed by atoms with Crippen LogP contribution in [-0.4, -0.2) is 34.4 Å². The van der Waals surface area contributed by atoms with E-state index in [4.69, 9.17) is 5.73 Å². The summed E-state index contributed by atoms with van der Waals surface area (Å²) in [5.74, 6) is 0.174. The predicted molar refractivity (Wildman–Crippen MR) is 70.4 cm³/mol. The van der Waals surface area contributed by atoms with Gasteiger partial charge in [0.05, 0.1) is 0 Å². The van der Waals surface area contributed by atoms with Crippen molar-refractivity contribution in [1.29, 1.82) is 0 Å². The van der Waals surface area contributed by atoms with E-state index < -0.39 is 5.54 Å². The summed E-state index contributed by atoms with van der Waals surface area (Å²) in [6.07, 6.45) is 2.08. The van der Waals surface area contributed by atoms with Crippen molar-refractivity contribution in [2.24, 2.45) is 11.7 Å². The first kappa shape index (κ1) is 11.8. The van der Waals surface area contributed by atoms with Crippen LogP contribution in [0.3, 0.4) is 0 Å². The Hall–Kier alpha value is -1.23. The molecule has 6 heteroatoms. The number of anilines is 1. The van der Waals surface area contributed by atoms with Crippen LogP contribution in [0.25, 0.3) is 11.0 Å². The number of rotatable bonds is 3. The van der Waals surface area contributed by atoms with Gasteiger partial charge in [-0.25, -0.2) is 0 Å². The molecule has 0 spiro atoms. The summed E-state index contributed by atoms with van der Waals surface area (Å²) in [6, 6.07) is 5.63. The second-order valence-electron chi connectivity index (χ2n) is 4.95. The molecule has 1 aliphatic rings. The number of carbonyl (C=O) groups is 1. The number of benzene rings is 1. The Morgan fingerprint density at radius 2 is 2.28 bits per heavy atom. The van der Waals surface area contributed by atoms with Gasteiger partial charge in [-0.15, -0.1) is 0 Å². The van der Waals surface area contributed by atoms with Crippen molar-refractivity contribution in [3.63, 3.8) is 0 Å². The Morgan fingerprint density at radius 3 is 3.00 bits per heavy atom. The van der Waals surface area contributed by atoms with Crippen molar-refractivity contribution in [2.45, 2.75) is 25.3 Å². The molecule has 3 rings (SSSR count). The SMILES string of the molecule is CC(N)(C(=O)Nc1cccc2n[se]nc12)C1CC1. The molecule has 1 aromatic heterocycles.